The van der Waals surface area contributed by atoms with Gasteiger partial charge in [-0.2, -0.15) is 0 Å². The van der Waals surface area contributed by atoms with Crippen LogP contribution in [0.4, 0.5) is 0 Å². The van der Waals surface area contributed by atoms with Crippen molar-refractivity contribution in [2.75, 3.05) is 20.3 Å². The Kier molecular flexibility index (Phi) is 7.61. The predicted octanol–water partition coefficient (Wildman–Crippen LogP) is 3.94. The van der Waals surface area contributed by atoms with Gasteiger partial charge in [0.25, 0.3) is 5.91 Å². The lowest BCUT2D eigenvalue weighted by Gasteiger charge is -2.06. The van der Waals surface area contributed by atoms with Crippen molar-refractivity contribution in [3.63, 3.8) is 0 Å². The monoisotopic (exact) mass is 485 g/mol. The zero-order valence-corrected chi connectivity index (χ0v) is 18.3. The Morgan fingerprint density at radius 2 is 1.97 bits per heavy atom. The van der Waals surface area contributed by atoms with Crippen LogP contribution >= 0.6 is 15.9 Å². The molecule has 31 heavy (non-hydrogen) atoms. The van der Waals surface area contributed by atoms with E-state index in [4.69, 9.17) is 13.9 Å². The minimum absolute atomic E-state index is 0.0680. The third kappa shape index (κ3) is 6.05. The van der Waals surface area contributed by atoms with Gasteiger partial charge in [0.1, 0.15) is 16.9 Å². The fourth-order valence-electron chi connectivity index (χ4n) is 2.80. The third-order valence-electron chi connectivity index (χ3n) is 4.33. The molecule has 1 aromatic heterocycles. The quantitative estimate of drug-likeness (QED) is 0.224. The molecule has 0 saturated carbocycles. The number of halogens is 1. The summed E-state index contributed by atoms with van der Waals surface area (Å²) in [6.45, 7) is 0.354. The van der Waals surface area contributed by atoms with E-state index in [1.54, 1.807) is 43.5 Å². The molecule has 160 valence electrons. The van der Waals surface area contributed by atoms with Crippen LogP contribution in [0.25, 0.3) is 17.0 Å². The highest BCUT2D eigenvalue weighted by molar-refractivity contribution is 9.10. The zero-order valence-electron chi connectivity index (χ0n) is 16.7. The first-order valence-electron chi connectivity index (χ1n) is 9.47. The number of hydrogen-bond donors (Lipinski definition) is 1. The predicted molar refractivity (Wildman–Crippen MR) is 120 cm³/mol. The molecule has 2 aromatic carbocycles. The van der Waals surface area contributed by atoms with Crippen molar-refractivity contribution in [1.82, 2.24) is 5.32 Å². The van der Waals surface area contributed by atoms with Crippen molar-refractivity contribution < 1.29 is 23.5 Å². The standard InChI is InChI=1S/C23H20BrNO6/c1-29-19-9-8-17(24)13-16(19)7-10-21(26)30-12-4-11-25-22(27)18-14-15-5-2-3-6-20(15)31-23(18)28/h2-3,5-10,13-14H,4,11-12H2,1H3,(H,25,27)/b10-7+. The minimum Gasteiger partial charge on any atom is -0.496 e. The van der Waals surface area contributed by atoms with Gasteiger partial charge in [-0.3, -0.25) is 4.79 Å². The first kappa shape index (κ1) is 22.3. The molecule has 0 aliphatic rings. The van der Waals surface area contributed by atoms with Gasteiger partial charge in [-0.05, 0) is 42.8 Å². The van der Waals surface area contributed by atoms with Crippen molar-refractivity contribution in [3.05, 3.63) is 80.6 Å². The molecular weight excluding hydrogens is 466 g/mol. The van der Waals surface area contributed by atoms with Gasteiger partial charge < -0.3 is 19.2 Å². The van der Waals surface area contributed by atoms with Crippen LogP contribution in [-0.2, 0) is 9.53 Å². The topological polar surface area (TPSA) is 94.8 Å². The molecule has 0 fully saturated rings. The Labute approximate surface area is 186 Å². The van der Waals surface area contributed by atoms with E-state index in [9.17, 15) is 14.4 Å². The van der Waals surface area contributed by atoms with Crippen LogP contribution in [0.1, 0.15) is 22.3 Å². The van der Waals surface area contributed by atoms with Crippen LogP contribution in [0.15, 0.2) is 68.3 Å². The van der Waals surface area contributed by atoms with E-state index in [-0.39, 0.29) is 18.7 Å². The van der Waals surface area contributed by atoms with Crippen LogP contribution in [0, 0.1) is 0 Å². The second-order valence-electron chi connectivity index (χ2n) is 6.48. The van der Waals surface area contributed by atoms with Gasteiger partial charge in [0.2, 0.25) is 0 Å². The summed E-state index contributed by atoms with van der Waals surface area (Å²) in [6.07, 6.45) is 3.31. The van der Waals surface area contributed by atoms with E-state index >= 15 is 0 Å². The second-order valence-corrected chi connectivity index (χ2v) is 7.40. The minimum atomic E-state index is -0.698. The second kappa shape index (κ2) is 10.6. The Morgan fingerprint density at radius 3 is 2.77 bits per heavy atom. The average Bonchev–Trinajstić information content (AvgIpc) is 2.77. The Balaban J connectivity index is 1.45. The fraction of sp³-hybridized carbons (Fsp3) is 0.174. The summed E-state index contributed by atoms with van der Waals surface area (Å²) in [5, 5.41) is 3.29. The van der Waals surface area contributed by atoms with Crippen LogP contribution < -0.4 is 15.7 Å². The number of rotatable bonds is 8. The van der Waals surface area contributed by atoms with Crippen molar-refractivity contribution in [2.24, 2.45) is 0 Å². The van der Waals surface area contributed by atoms with E-state index in [1.165, 1.54) is 12.1 Å². The number of methoxy groups -OCH3 is 1. The maximum absolute atomic E-state index is 12.2. The molecule has 0 bridgehead atoms. The van der Waals surface area contributed by atoms with Gasteiger partial charge in [-0.1, -0.05) is 34.1 Å². The molecule has 1 heterocycles. The van der Waals surface area contributed by atoms with Crippen molar-refractivity contribution in [2.45, 2.75) is 6.42 Å². The van der Waals surface area contributed by atoms with E-state index < -0.39 is 17.5 Å². The lowest BCUT2D eigenvalue weighted by Crippen LogP contribution is -2.29. The maximum Gasteiger partial charge on any atom is 0.349 e. The molecule has 0 atom stereocenters. The molecule has 3 rings (SSSR count). The van der Waals surface area contributed by atoms with E-state index in [0.717, 1.165) is 10.0 Å². The number of para-hydroxylation sites is 1. The normalized spacial score (nSPS) is 10.9. The first-order valence-corrected chi connectivity index (χ1v) is 10.3. The lowest BCUT2D eigenvalue weighted by molar-refractivity contribution is -0.137. The summed E-state index contributed by atoms with van der Waals surface area (Å²) in [5.74, 6) is -0.413. The average molecular weight is 486 g/mol. The summed E-state index contributed by atoms with van der Waals surface area (Å²) in [6, 6.07) is 13.9. The number of hydrogen-bond acceptors (Lipinski definition) is 6. The molecule has 3 aromatic rings. The summed E-state index contributed by atoms with van der Waals surface area (Å²) in [7, 11) is 1.55. The molecule has 8 heteroatoms. The molecule has 0 radical (unpaired) electrons. The number of nitrogens with one attached hydrogen (secondary N) is 1. The van der Waals surface area contributed by atoms with Crippen LogP contribution in [0.2, 0.25) is 0 Å². The van der Waals surface area contributed by atoms with Crippen molar-refractivity contribution in [3.8, 4) is 5.75 Å². The number of fused-ring (bicyclic) bond motifs is 1. The Morgan fingerprint density at radius 1 is 1.16 bits per heavy atom. The zero-order chi connectivity index (χ0) is 22.2. The molecule has 1 amide bonds. The van der Waals surface area contributed by atoms with E-state index in [0.29, 0.717) is 23.1 Å². The van der Waals surface area contributed by atoms with Crippen molar-refractivity contribution in [1.29, 1.82) is 0 Å². The molecule has 0 saturated heterocycles. The van der Waals surface area contributed by atoms with Gasteiger partial charge >= 0.3 is 11.6 Å². The van der Waals surface area contributed by atoms with Gasteiger partial charge in [0.15, 0.2) is 0 Å². The third-order valence-corrected chi connectivity index (χ3v) is 4.82. The highest BCUT2D eigenvalue weighted by Crippen LogP contribution is 2.24. The number of benzene rings is 2. The molecular formula is C23H20BrNO6. The molecule has 0 aliphatic heterocycles. The smallest absolute Gasteiger partial charge is 0.349 e. The number of ether oxygens (including phenoxy) is 2. The number of carbonyl (C=O) groups excluding carboxylic acids is 2. The number of esters is 1. The van der Waals surface area contributed by atoms with E-state index in [1.807, 2.05) is 12.1 Å². The number of carbonyl (C=O) groups is 2. The Hall–Kier alpha value is -3.39. The van der Waals surface area contributed by atoms with Gasteiger partial charge in [0.05, 0.1) is 13.7 Å². The molecule has 0 spiro atoms. The summed E-state index contributed by atoms with van der Waals surface area (Å²) in [5.41, 5.74) is 0.386. The largest absolute Gasteiger partial charge is 0.496 e. The summed E-state index contributed by atoms with van der Waals surface area (Å²) >= 11 is 3.37. The highest BCUT2D eigenvalue weighted by atomic mass is 79.9. The molecule has 0 unspecified atom stereocenters. The van der Waals surface area contributed by atoms with Gasteiger partial charge in [0, 0.05) is 28.0 Å². The van der Waals surface area contributed by atoms with Crippen LogP contribution in [0.3, 0.4) is 0 Å². The fourth-order valence-corrected chi connectivity index (χ4v) is 3.18. The molecule has 7 nitrogen and oxygen atoms in total. The Bertz CT molecular complexity index is 1180. The first-order chi connectivity index (χ1) is 15.0. The number of amides is 1. The summed E-state index contributed by atoms with van der Waals surface area (Å²) < 4.78 is 16.4. The summed E-state index contributed by atoms with van der Waals surface area (Å²) in [4.78, 5) is 36.1. The van der Waals surface area contributed by atoms with Gasteiger partial charge in [-0.15, -0.1) is 0 Å². The molecule has 0 aliphatic carbocycles. The van der Waals surface area contributed by atoms with Gasteiger partial charge in [-0.25, -0.2) is 9.59 Å². The van der Waals surface area contributed by atoms with Crippen LogP contribution in [0.5, 0.6) is 5.75 Å². The van der Waals surface area contributed by atoms with Crippen molar-refractivity contribution >= 4 is 44.9 Å². The highest BCUT2D eigenvalue weighted by Gasteiger charge is 2.13. The molecule has 1 N–H and O–H groups in total. The lowest BCUT2D eigenvalue weighted by atomic mass is 10.2. The van der Waals surface area contributed by atoms with E-state index in [2.05, 4.69) is 21.2 Å². The SMILES string of the molecule is COc1ccc(Br)cc1/C=C/C(=O)OCCCNC(=O)c1cc2ccccc2oc1=O. The van der Waals surface area contributed by atoms with Crippen LogP contribution in [-0.4, -0.2) is 32.1 Å². The maximum atomic E-state index is 12.2.